The number of nitrogens with zero attached hydrogens (tertiary/aromatic N) is 2. The van der Waals surface area contributed by atoms with E-state index in [9.17, 15) is 4.39 Å². The number of hydrogen-bond acceptors (Lipinski definition) is 2. The summed E-state index contributed by atoms with van der Waals surface area (Å²) in [5.41, 5.74) is 3.81. The molecule has 0 aromatic carbocycles. The first-order chi connectivity index (χ1) is 5.97. The SMILES string of the molecule is C[Si](C)(C)C#Cc1cnc(F)nc1. The summed E-state index contributed by atoms with van der Waals surface area (Å²) in [5.74, 6) is 2.93. The highest BCUT2D eigenvalue weighted by molar-refractivity contribution is 6.83. The molecule has 13 heavy (non-hydrogen) atoms. The standard InChI is InChI=1S/C9H11FN2Si/c1-13(2,3)5-4-8-6-11-9(10)12-7-8/h6-7H,1-3H3. The summed E-state index contributed by atoms with van der Waals surface area (Å²) >= 11 is 0. The molecule has 1 aromatic heterocycles. The van der Waals surface area contributed by atoms with Gasteiger partial charge in [0.1, 0.15) is 8.07 Å². The van der Waals surface area contributed by atoms with Crippen LogP contribution in [0.4, 0.5) is 4.39 Å². The third-order valence-corrected chi connectivity index (χ3v) is 2.08. The molecular weight excluding hydrogens is 183 g/mol. The van der Waals surface area contributed by atoms with E-state index in [1.807, 2.05) is 0 Å². The minimum Gasteiger partial charge on any atom is -0.209 e. The first-order valence-electron chi connectivity index (χ1n) is 3.98. The summed E-state index contributed by atoms with van der Waals surface area (Å²) in [5, 5.41) is 0. The molecule has 0 aliphatic heterocycles. The quantitative estimate of drug-likeness (QED) is 0.358. The lowest BCUT2D eigenvalue weighted by Crippen LogP contribution is -2.16. The molecule has 0 spiro atoms. The molecule has 0 saturated carbocycles. The molecule has 0 amide bonds. The topological polar surface area (TPSA) is 25.8 Å². The minimum absolute atomic E-state index is 0.670. The summed E-state index contributed by atoms with van der Waals surface area (Å²) in [4.78, 5) is 6.83. The van der Waals surface area contributed by atoms with E-state index in [1.165, 1.54) is 12.4 Å². The van der Waals surface area contributed by atoms with Crippen molar-refractivity contribution >= 4 is 8.07 Å². The second-order valence-corrected chi connectivity index (χ2v) is 8.49. The fourth-order valence-corrected chi connectivity index (χ4v) is 1.16. The molecule has 0 unspecified atom stereocenters. The van der Waals surface area contributed by atoms with Gasteiger partial charge in [-0.1, -0.05) is 25.6 Å². The number of hydrogen-bond donors (Lipinski definition) is 0. The first-order valence-corrected chi connectivity index (χ1v) is 7.48. The number of halogens is 1. The highest BCUT2D eigenvalue weighted by atomic mass is 28.3. The predicted octanol–water partition coefficient (Wildman–Crippen LogP) is 1.84. The van der Waals surface area contributed by atoms with Crippen molar-refractivity contribution in [1.82, 2.24) is 9.97 Å². The van der Waals surface area contributed by atoms with Gasteiger partial charge in [-0.25, -0.2) is 9.97 Å². The fraction of sp³-hybridized carbons (Fsp3) is 0.333. The Hall–Kier alpha value is -1.21. The van der Waals surface area contributed by atoms with Gasteiger partial charge in [0.15, 0.2) is 0 Å². The van der Waals surface area contributed by atoms with E-state index in [0.717, 1.165) is 0 Å². The molecule has 68 valence electrons. The van der Waals surface area contributed by atoms with Crippen LogP contribution in [0.25, 0.3) is 0 Å². The van der Waals surface area contributed by atoms with Crippen molar-refractivity contribution in [2.45, 2.75) is 19.6 Å². The van der Waals surface area contributed by atoms with E-state index >= 15 is 0 Å². The Morgan fingerprint density at radius 1 is 1.23 bits per heavy atom. The Balaban J connectivity index is 2.85. The number of aromatic nitrogens is 2. The maximum absolute atomic E-state index is 12.3. The third kappa shape index (κ3) is 3.81. The van der Waals surface area contributed by atoms with Gasteiger partial charge >= 0.3 is 6.08 Å². The van der Waals surface area contributed by atoms with Gasteiger partial charge in [0, 0.05) is 12.4 Å². The van der Waals surface area contributed by atoms with Gasteiger partial charge in [-0.2, -0.15) is 4.39 Å². The molecule has 0 N–H and O–H groups in total. The highest BCUT2D eigenvalue weighted by Crippen LogP contribution is 1.98. The van der Waals surface area contributed by atoms with Crippen LogP contribution in [0.5, 0.6) is 0 Å². The zero-order chi connectivity index (χ0) is 9.90. The molecule has 0 atom stereocenters. The van der Waals surface area contributed by atoms with Crippen LogP contribution in [0, 0.1) is 17.5 Å². The molecular formula is C9H11FN2Si. The largest absolute Gasteiger partial charge is 0.308 e. The number of rotatable bonds is 0. The first kappa shape index (κ1) is 9.87. The molecule has 0 aliphatic carbocycles. The van der Waals surface area contributed by atoms with E-state index in [1.54, 1.807) is 0 Å². The van der Waals surface area contributed by atoms with Crippen LogP contribution in [-0.2, 0) is 0 Å². The lowest BCUT2D eigenvalue weighted by molar-refractivity contribution is 0.538. The molecule has 1 rings (SSSR count). The maximum atomic E-state index is 12.3. The lowest BCUT2D eigenvalue weighted by atomic mass is 10.4. The minimum atomic E-state index is -1.36. The van der Waals surface area contributed by atoms with Crippen LogP contribution < -0.4 is 0 Å². The van der Waals surface area contributed by atoms with Gasteiger partial charge < -0.3 is 0 Å². The van der Waals surface area contributed by atoms with Crippen molar-refractivity contribution in [2.24, 2.45) is 0 Å². The molecule has 1 heterocycles. The fourth-order valence-electron chi connectivity index (χ4n) is 0.637. The summed E-state index contributed by atoms with van der Waals surface area (Å²) < 4.78 is 12.3. The molecule has 0 saturated heterocycles. The summed E-state index contributed by atoms with van der Waals surface area (Å²) in [6.45, 7) is 6.43. The van der Waals surface area contributed by atoms with Crippen LogP contribution in [-0.4, -0.2) is 18.0 Å². The van der Waals surface area contributed by atoms with E-state index < -0.39 is 14.2 Å². The van der Waals surface area contributed by atoms with Gasteiger partial charge in [-0.15, -0.1) is 5.54 Å². The Morgan fingerprint density at radius 2 is 1.77 bits per heavy atom. The summed E-state index contributed by atoms with van der Waals surface area (Å²) in [7, 11) is -1.36. The summed E-state index contributed by atoms with van der Waals surface area (Å²) in [6.07, 6.45) is 2.09. The van der Waals surface area contributed by atoms with Crippen molar-refractivity contribution in [3.63, 3.8) is 0 Å². The molecule has 0 radical (unpaired) electrons. The monoisotopic (exact) mass is 194 g/mol. The normalized spacial score (nSPS) is 10.5. The van der Waals surface area contributed by atoms with Crippen LogP contribution >= 0.6 is 0 Å². The van der Waals surface area contributed by atoms with Gasteiger partial charge in [-0.05, 0) is 0 Å². The van der Waals surface area contributed by atoms with Crippen LogP contribution in [0.1, 0.15) is 5.56 Å². The van der Waals surface area contributed by atoms with Crippen LogP contribution in [0.15, 0.2) is 12.4 Å². The average molecular weight is 194 g/mol. The van der Waals surface area contributed by atoms with Crippen molar-refractivity contribution < 1.29 is 4.39 Å². The average Bonchev–Trinajstić information content (AvgIpc) is 2.02. The summed E-state index contributed by atoms with van der Waals surface area (Å²) in [6, 6.07) is 0. The highest BCUT2D eigenvalue weighted by Gasteiger charge is 2.07. The molecule has 0 aliphatic rings. The Kier molecular flexibility index (Phi) is 2.78. The van der Waals surface area contributed by atoms with Crippen LogP contribution in [0.2, 0.25) is 19.6 Å². The predicted molar refractivity (Wildman–Crippen MR) is 52.2 cm³/mol. The molecule has 1 aromatic rings. The Morgan fingerprint density at radius 3 is 2.23 bits per heavy atom. The third-order valence-electron chi connectivity index (χ3n) is 1.20. The zero-order valence-corrected chi connectivity index (χ0v) is 8.93. The second-order valence-electron chi connectivity index (χ2n) is 3.74. The van der Waals surface area contributed by atoms with Crippen molar-refractivity contribution in [3.8, 4) is 11.5 Å². The lowest BCUT2D eigenvalue weighted by Gasteiger charge is -2.02. The molecule has 4 heteroatoms. The van der Waals surface area contributed by atoms with Gasteiger partial charge in [0.2, 0.25) is 0 Å². The Labute approximate surface area is 78.2 Å². The Bertz CT molecular complexity index is 343. The van der Waals surface area contributed by atoms with E-state index in [0.29, 0.717) is 5.56 Å². The zero-order valence-electron chi connectivity index (χ0n) is 7.93. The van der Waals surface area contributed by atoms with Gasteiger partial charge in [0.05, 0.1) is 5.56 Å². The van der Waals surface area contributed by atoms with E-state index in [4.69, 9.17) is 0 Å². The smallest absolute Gasteiger partial charge is 0.209 e. The molecule has 0 bridgehead atoms. The maximum Gasteiger partial charge on any atom is 0.308 e. The van der Waals surface area contributed by atoms with Crippen molar-refractivity contribution in [1.29, 1.82) is 0 Å². The van der Waals surface area contributed by atoms with Crippen molar-refractivity contribution in [3.05, 3.63) is 24.0 Å². The van der Waals surface area contributed by atoms with Crippen LogP contribution in [0.3, 0.4) is 0 Å². The van der Waals surface area contributed by atoms with Gasteiger partial charge in [0.25, 0.3) is 0 Å². The molecule has 0 fully saturated rings. The van der Waals surface area contributed by atoms with Crippen molar-refractivity contribution in [2.75, 3.05) is 0 Å². The van der Waals surface area contributed by atoms with Gasteiger partial charge in [-0.3, -0.25) is 0 Å². The molecule has 2 nitrogen and oxygen atoms in total. The van der Waals surface area contributed by atoms with E-state index in [-0.39, 0.29) is 0 Å². The second kappa shape index (κ2) is 3.67. The van der Waals surface area contributed by atoms with E-state index in [2.05, 4.69) is 41.1 Å².